The van der Waals surface area contributed by atoms with Crippen LogP contribution in [0, 0.1) is 5.92 Å². The minimum atomic E-state index is 0.779. The molecule has 2 atom stereocenters. The topological polar surface area (TPSA) is 24.9 Å². The Labute approximate surface area is 107 Å². The third-order valence-electron chi connectivity index (χ3n) is 4.22. The fraction of sp³-hybridized carbons (Fsp3) is 0.438. The number of benzene rings is 1. The van der Waals surface area contributed by atoms with Crippen molar-refractivity contribution in [3.05, 3.63) is 42.1 Å². The van der Waals surface area contributed by atoms with Crippen LogP contribution in [0.3, 0.4) is 0 Å². The van der Waals surface area contributed by atoms with Crippen LogP contribution in [-0.4, -0.2) is 17.6 Å². The molecule has 2 heteroatoms. The van der Waals surface area contributed by atoms with Gasteiger partial charge in [-0.2, -0.15) is 0 Å². The van der Waals surface area contributed by atoms with Gasteiger partial charge in [-0.3, -0.25) is 4.98 Å². The van der Waals surface area contributed by atoms with Crippen LogP contribution in [0.5, 0.6) is 0 Å². The number of nitrogens with one attached hydrogen (secondary N) is 1. The predicted octanol–water partition coefficient (Wildman–Crippen LogP) is 3.09. The van der Waals surface area contributed by atoms with Crippen molar-refractivity contribution in [3.63, 3.8) is 0 Å². The minimum Gasteiger partial charge on any atom is -0.314 e. The highest BCUT2D eigenvalue weighted by molar-refractivity contribution is 5.79. The Morgan fingerprint density at radius 1 is 1.22 bits per heavy atom. The van der Waals surface area contributed by atoms with Crippen molar-refractivity contribution in [2.45, 2.75) is 31.2 Å². The van der Waals surface area contributed by atoms with E-state index in [1.165, 1.54) is 36.8 Å². The van der Waals surface area contributed by atoms with Gasteiger partial charge in [0.1, 0.15) is 0 Å². The summed E-state index contributed by atoms with van der Waals surface area (Å²) in [5.41, 5.74) is 2.60. The van der Waals surface area contributed by atoms with Gasteiger partial charge in [-0.15, -0.1) is 0 Å². The molecule has 2 aromatic rings. The van der Waals surface area contributed by atoms with Crippen LogP contribution in [0.25, 0.3) is 10.9 Å². The number of aromatic nitrogens is 1. The standard InChI is InChI=1S/C16H18N2/c1-2-12-8-11(3-6-16(12)17-7-1)15-9-13(15)10-18-14-4-5-14/h1-3,6-8,13-15,18H,4-5,9-10H2. The van der Waals surface area contributed by atoms with E-state index in [-0.39, 0.29) is 0 Å². The van der Waals surface area contributed by atoms with E-state index in [1.807, 2.05) is 12.3 Å². The summed E-state index contributed by atoms with van der Waals surface area (Å²) in [5.74, 6) is 1.64. The molecule has 0 aliphatic heterocycles. The van der Waals surface area contributed by atoms with E-state index in [9.17, 15) is 0 Å². The smallest absolute Gasteiger partial charge is 0.0702 e. The summed E-state index contributed by atoms with van der Waals surface area (Å²) in [4.78, 5) is 4.38. The number of rotatable bonds is 4. The highest BCUT2D eigenvalue weighted by atomic mass is 15.0. The van der Waals surface area contributed by atoms with Gasteiger partial charge in [0.15, 0.2) is 0 Å². The van der Waals surface area contributed by atoms with E-state index >= 15 is 0 Å². The van der Waals surface area contributed by atoms with Crippen LogP contribution in [-0.2, 0) is 0 Å². The van der Waals surface area contributed by atoms with E-state index in [2.05, 4.69) is 34.6 Å². The summed E-state index contributed by atoms with van der Waals surface area (Å²) in [7, 11) is 0. The number of fused-ring (bicyclic) bond motifs is 1. The Kier molecular flexibility index (Phi) is 2.37. The molecular weight excluding hydrogens is 220 g/mol. The van der Waals surface area contributed by atoms with Crippen molar-refractivity contribution in [1.82, 2.24) is 10.3 Å². The van der Waals surface area contributed by atoms with Crippen molar-refractivity contribution in [3.8, 4) is 0 Å². The zero-order chi connectivity index (χ0) is 11.9. The molecular formula is C16H18N2. The molecule has 1 aromatic carbocycles. The lowest BCUT2D eigenvalue weighted by Crippen LogP contribution is -2.19. The normalized spacial score (nSPS) is 26.4. The molecule has 1 N–H and O–H groups in total. The maximum absolute atomic E-state index is 4.38. The quantitative estimate of drug-likeness (QED) is 0.885. The molecule has 2 nitrogen and oxygen atoms in total. The second-order valence-electron chi connectivity index (χ2n) is 5.74. The molecule has 1 heterocycles. The summed E-state index contributed by atoms with van der Waals surface area (Å²) in [6.45, 7) is 1.21. The molecule has 0 bridgehead atoms. The maximum atomic E-state index is 4.38. The first-order chi connectivity index (χ1) is 8.90. The van der Waals surface area contributed by atoms with Crippen LogP contribution in [0.15, 0.2) is 36.5 Å². The van der Waals surface area contributed by atoms with Crippen molar-refractivity contribution >= 4 is 10.9 Å². The molecule has 18 heavy (non-hydrogen) atoms. The van der Waals surface area contributed by atoms with Crippen molar-refractivity contribution in [1.29, 1.82) is 0 Å². The van der Waals surface area contributed by atoms with Gasteiger partial charge in [0.25, 0.3) is 0 Å². The van der Waals surface area contributed by atoms with E-state index in [1.54, 1.807) is 0 Å². The second kappa shape index (κ2) is 4.06. The summed E-state index contributed by atoms with van der Waals surface area (Å²) in [6, 6.07) is 11.8. The Morgan fingerprint density at radius 2 is 2.17 bits per heavy atom. The van der Waals surface area contributed by atoms with Crippen LogP contribution >= 0.6 is 0 Å². The predicted molar refractivity (Wildman–Crippen MR) is 73.6 cm³/mol. The third-order valence-corrected chi connectivity index (χ3v) is 4.22. The lowest BCUT2D eigenvalue weighted by Gasteiger charge is -2.04. The van der Waals surface area contributed by atoms with Gasteiger partial charge in [-0.25, -0.2) is 0 Å². The highest BCUT2D eigenvalue weighted by Crippen LogP contribution is 2.47. The third kappa shape index (κ3) is 2.01. The molecule has 1 aromatic heterocycles. The Balaban J connectivity index is 1.49. The number of nitrogens with zero attached hydrogens (tertiary/aromatic N) is 1. The van der Waals surface area contributed by atoms with Gasteiger partial charge in [0.2, 0.25) is 0 Å². The van der Waals surface area contributed by atoms with E-state index < -0.39 is 0 Å². The van der Waals surface area contributed by atoms with Gasteiger partial charge < -0.3 is 5.32 Å². The molecule has 2 unspecified atom stereocenters. The Bertz CT molecular complexity index is 574. The first-order valence-corrected chi connectivity index (χ1v) is 6.98. The van der Waals surface area contributed by atoms with Gasteiger partial charge in [0, 0.05) is 17.6 Å². The monoisotopic (exact) mass is 238 g/mol. The summed E-state index contributed by atoms with van der Waals surface area (Å²) >= 11 is 0. The number of pyridine rings is 1. The molecule has 2 aliphatic rings. The van der Waals surface area contributed by atoms with E-state index in [0.717, 1.165) is 23.4 Å². The fourth-order valence-electron chi connectivity index (χ4n) is 2.81. The van der Waals surface area contributed by atoms with Crippen LogP contribution in [0.4, 0.5) is 0 Å². The van der Waals surface area contributed by atoms with Gasteiger partial charge in [-0.1, -0.05) is 12.1 Å². The average molecular weight is 238 g/mol. The lowest BCUT2D eigenvalue weighted by molar-refractivity contribution is 0.624. The molecule has 0 saturated heterocycles. The van der Waals surface area contributed by atoms with Crippen molar-refractivity contribution in [2.24, 2.45) is 5.92 Å². The van der Waals surface area contributed by atoms with Crippen LogP contribution in [0.2, 0.25) is 0 Å². The Morgan fingerprint density at radius 3 is 3.06 bits per heavy atom. The summed E-state index contributed by atoms with van der Waals surface area (Å²) < 4.78 is 0. The van der Waals surface area contributed by atoms with Gasteiger partial charge in [-0.05, 0) is 61.4 Å². The highest BCUT2D eigenvalue weighted by Gasteiger charge is 2.38. The molecule has 4 rings (SSSR count). The van der Waals surface area contributed by atoms with Gasteiger partial charge in [0.05, 0.1) is 5.52 Å². The molecule has 2 saturated carbocycles. The molecule has 2 aliphatic carbocycles. The largest absolute Gasteiger partial charge is 0.314 e. The zero-order valence-corrected chi connectivity index (χ0v) is 10.5. The lowest BCUT2D eigenvalue weighted by atomic mass is 10.1. The van der Waals surface area contributed by atoms with Gasteiger partial charge >= 0.3 is 0 Å². The zero-order valence-electron chi connectivity index (χ0n) is 10.5. The molecule has 0 spiro atoms. The second-order valence-corrected chi connectivity index (χ2v) is 5.74. The van der Waals surface area contributed by atoms with Crippen molar-refractivity contribution < 1.29 is 0 Å². The maximum Gasteiger partial charge on any atom is 0.0702 e. The van der Waals surface area contributed by atoms with Crippen LogP contribution in [0.1, 0.15) is 30.7 Å². The molecule has 0 amide bonds. The Hall–Kier alpha value is -1.41. The number of hydrogen-bond acceptors (Lipinski definition) is 2. The minimum absolute atomic E-state index is 0.779. The first kappa shape index (κ1) is 10.5. The average Bonchev–Trinajstić information content (AvgIpc) is 3.29. The van der Waals surface area contributed by atoms with Crippen LogP contribution < -0.4 is 5.32 Å². The van der Waals surface area contributed by atoms with Crippen molar-refractivity contribution in [2.75, 3.05) is 6.54 Å². The van der Waals surface area contributed by atoms with E-state index in [0.29, 0.717) is 0 Å². The molecule has 92 valence electrons. The summed E-state index contributed by atoms with van der Waals surface area (Å²) in [5, 5.41) is 4.92. The number of hydrogen-bond donors (Lipinski definition) is 1. The molecule has 2 fully saturated rings. The molecule has 0 radical (unpaired) electrons. The first-order valence-electron chi connectivity index (χ1n) is 6.98. The SMILES string of the molecule is c1cnc2ccc(C3CC3CNC3CC3)cc2c1. The summed E-state index contributed by atoms with van der Waals surface area (Å²) in [6.07, 6.45) is 5.99. The fourth-order valence-corrected chi connectivity index (χ4v) is 2.81. The van der Waals surface area contributed by atoms with E-state index in [4.69, 9.17) is 0 Å².